The van der Waals surface area contributed by atoms with E-state index >= 15 is 0 Å². The second-order valence-electron chi connectivity index (χ2n) is 5.61. The zero-order valence-electron chi connectivity index (χ0n) is 13.5. The molecule has 5 nitrogen and oxygen atoms in total. The van der Waals surface area contributed by atoms with Crippen molar-refractivity contribution in [3.8, 4) is 5.75 Å². The van der Waals surface area contributed by atoms with Crippen LogP contribution in [0.4, 0.5) is 9.52 Å². The molecule has 1 heterocycles. The number of anilines is 1. The Morgan fingerprint density at radius 3 is 2.80 bits per heavy atom. The number of phenolic OH excluding ortho intramolecular Hbond substituents is 1. The number of aryl methyl sites for hydroxylation is 1. The van der Waals surface area contributed by atoms with Crippen molar-refractivity contribution in [2.75, 3.05) is 5.32 Å². The molecule has 0 saturated heterocycles. The van der Waals surface area contributed by atoms with Gasteiger partial charge in [-0.05, 0) is 35.7 Å². The number of aromatic hydroxyl groups is 1. The average Bonchev–Trinajstić information content (AvgIpc) is 3.00. The molecule has 1 aromatic heterocycles. The number of hydrogen-bond donors (Lipinski definition) is 2. The van der Waals surface area contributed by atoms with Crippen molar-refractivity contribution in [3.63, 3.8) is 0 Å². The number of rotatable bonds is 5. The highest BCUT2D eigenvalue weighted by Gasteiger charge is 2.11. The van der Waals surface area contributed by atoms with Crippen LogP contribution < -0.4 is 5.32 Å². The maximum atomic E-state index is 13.3. The number of halogens is 1. The van der Waals surface area contributed by atoms with E-state index in [4.69, 9.17) is 5.11 Å². The Labute approximate surface area is 148 Å². The monoisotopic (exact) mass is 357 g/mol. The van der Waals surface area contributed by atoms with Crippen molar-refractivity contribution >= 4 is 22.4 Å². The van der Waals surface area contributed by atoms with E-state index in [-0.39, 0.29) is 12.3 Å². The first-order chi connectivity index (χ1) is 12.0. The molecule has 0 spiro atoms. The van der Waals surface area contributed by atoms with Gasteiger partial charge in [0.25, 0.3) is 0 Å². The van der Waals surface area contributed by atoms with Crippen molar-refractivity contribution < 1.29 is 14.3 Å². The van der Waals surface area contributed by atoms with Crippen LogP contribution >= 0.6 is 11.3 Å². The molecule has 2 N–H and O–H groups in total. The third-order valence-corrected chi connectivity index (χ3v) is 4.53. The molecule has 7 heteroatoms. The molecule has 0 atom stereocenters. The number of nitrogens with one attached hydrogen (secondary N) is 1. The molecule has 0 unspecified atom stereocenters. The third kappa shape index (κ3) is 4.39. The minimum absolute atomic E-state index is 0.0100. The van der Waals surface area contributed by atoms with Crippen LogP contribution in [-0.4, -0.2) is 21.2 Å². The van der Waals surface area contributed by atoms with Gasteiger partial charge >= 0.3 is 0 Å². The number of amides is 1. The van der Waals surface area contributed by atoms with E-state index in [2.05, 4.69) is 15.5 Å². The van der Waals surface area contributed by atoms with Crippen LogP contribution in [0.15, 0.2) is 42.5 Å². The highest BCUT2D eigenvalue weighted by atomic mass is 32.1. The Kier molecular flexibility index (Phi) is 5.04. The Balaban J connectivity index is 1.61. The number of nitrogens with zero attached hydrogens (tertiary/aromatic N) is 2. The van der Waals surface area contributed by atoms with Gasteiger partial charge in [-0.25, -0.2) is 4.39 Å². The molecule has 0 fully saturated rings. The summed E-state index contributed by atoms with van der Waals surface area (Å²) in [7, 11) is 0. The summed E-state index contributed by atoms with van der Waals surface area (Å²) in [4.78, 5) is 12.0. The molecular formula is C18H16FN3O2S. The predicted molar refractivity (Wildman–Crippen MR) is 94.3 cm³/mol. The molecule has 0 saturated carbocycles. The van der Waals surface area contributed by atoms with Gasteiger partial charge in [0.2, 0.25) is 11.0 Å². The lowest BCUT2D eigenvalue weighted by molar-refractivity contribution is -0.115. The van der Waals surface area contributed by atoms with E-state index in [1.807, 2.05) is 31.2 Å². The fourth-order valence-corrected chi connectivity index (χ4v) is 3.14. The Morgan fingerprint density at radius 1 is 1.24 bits per heavy atom. The summed E-state index contributed by atoms with van der Waals surface area (Å²) in [5, 5.41) is 21.1. The maximum Gasteiger partial charge on any atom is 0.230 e. The highest BCUT2D eigenvalue weighted by molar-refractivity contribution is 7.15. The van der Waals surface area contributed by atoms with Crippen molar-refractivity contribution in [2.24, 2.45) is 0 Å². The van der Waals surface area contributed by atoms with Crippen LogP contribution in [0.1, 0.15) is 21.7 Å². The van der Waals surface area contributed by atoms with Gasteiger partial charge in [-0.1, -0.05) is 41.7 Å². The van der Waals surface area contributed by atoms with Crippen LogP contribution in [0, 0.1) is 12.7 Å². The summed E-state index contributed by atoms with van der Waals surface area (Å²) in [6.07, 6.45) is 0.646. The third-order valence-electron chi connectivity index (χ3n) is 3.69. The lowest BCUT2D eigenvalue weighted by atomic mass is 10.1. The zero-order chi connectivity index (χ0) is 17.8. The lowest BCUT2D eigenvalue weighted by Crippen LogP contribution is -2.14. The Hall–Kier alpha value is -2.80. The molecule has 3 rings (SSSR count). The SMILES string of the molecule is Cc1ccccc1Cc1nnc(NC(=O)Cc2ccc(O)c(F)c2)s1. The average molecular weight is 357 g/mol. The van der Waals surface area contributed by atoms with E-state index in [1.54, 1.807) is 0 Å². The Bertz CT molecular complexity index is 911. The van der Waals surface area contributed by atoms with Crippen LogP contribution in [-0.2, 0) is 17.6 Å². The van der Waals surface area contributed by atoms with Gasteiger partial charge < -0.3 is 10.4 Å². The summed E-state index contributed by atoms with van der Waals surface area (Å²) in [5.74, 6) is -1.50. The summed E-state index contributed by atoms with van der Waals surface area (Å²) < 4.78 is 13.3. The molecular weight excluding hydrogens is 341 g/mol. The minimum Gasteiger partial charge on any atom is -0.505 e. The fourth-order valence-electron chi connectivity index (χ4n) is 2.36. The molecule has 2 aromatic carbocycles. The van der Waals surface area contributed by atoms with Crippen molar-refractivity contribution in [2.45, 2.75) is 19.8 Å². The van der Waals surface area contributed by atoms with Gasteiger partial charge in [-0.2, -0.15) is 0 Å². The number of phenols is 1. The topological polar surface area (TPSA) is 75.1 Å². The molecule has 0 aliphatic carbocycles. The van der Waals surface area contributed by atoms with E-state index in [9.17, 15) is 9.18 Å². The molecule has 128 valence electrons. The first-order valence-corrected chi connectivity index (χ1v) is 8.47. The minimum atomic E-state index is -0.748. The largest absolute Gasteiger partial charge is 0.505 e. The lowest BCUT2D eigenvalue weighted by Gasteiger charge is -2.03. The first kappa shape index (κ1) is 17.0. The van der Waals surface area contributed by atoms with Gasteiger partial charge in [0, 0.05) is 6.42 Å². The molecule has 1 amide bonds. The molecule has 0 aliphatic rings. The highest BCUT2D eigenvalue weighted by Crippen LogP contribution is 2.21. The standard InChI is InChI=1S/C18H16FN3O2S/c1-11-4-2-3-5-13(11)10-17-21-22-18(25-17)20-16(24)9-12-6-7-15(23)14(19)8-12/h2-8,23H,9-10H2,1H3,(H,20,22,24). The van der Waals surface area contributed by atoms with Crippen LogP contribution in [0.2, 0.25) is 0 Å². The van der Waals surface area contributed by atoms with Crippen LogP contribution in [0.5, 0.6) is 5.75 Å². The first-order valence-electron chi connectivity index (χ1n) is 7.65. The Morgan fingerprint density at radius 2 is 2.04 bits per heavy atom. The predicted octanol–water partition coefficient (Wildman–Crippen LogP) is 3.46. The second-order valence-corrected chi connectivity index (χ2v) is 6.68. The second kappa shape index (κ2) is 7.40. The number of hydrogen-bond acceptors (Lipinski definition) is 5. The van der Waals surface area contributed by atoms with Crippen molar-refractivity contribution in [1.82, 2.24) is 10.2 Å². The van der Waals surface area contributed by atoms with Gasteiger partial charge in [-0.15, -0.1) is 10.2 Å². The number of carbonyl (C=O) groups is 1. The molecule has 3 aromatic rings. The van der Waals surface area contributed by atoms with Crippen LogP contribution in [0.3, 0.4) is 0 Å². The number of aromatic nitrogens is 2. The van der Waals surface area contributed by atoms with Crippen LogP contribution in [0.25, 0.3) is 0 Å². The van der Waals surface area contributed by atoms with E-state index in [0.29, 0.717) is 17.1 Å². The summed E-state index contributed by atoms with van der Waals surface area (Å²) >= 11 is 1.31. The summed E-state index contributed by atoms with van der Waals surface area (Å²) in [6.45, 7) is 2.04. The van der Waals surface area contributed by atoms with Gasteiger partial charge in [-0.3, -0.25) is 4.79 Å². The quantitative estimate of drug-likeness (QED) is 0.733. The molecule has 25 heavy (non-hydrogen) atoms. The van der Waals surface area contributed by atoms with E-state index < -0.39 is 11.6 Å². The summed E-state index contributed by atoms with van der Waals surface area (Å²) in [6, 6.07) is 11.9. The molecule has 0 aliphatic heterocycles. The zero-order valence-corrected chi connectivity index (χ0v) is 14.3. The van der Waals surface area contributed by atoms with Crippen molar-refractivity contribution in [1.29, 1.82) is 0 Å². The maximum absolute atomic E-state index is 13.3. The summed E-state index contributed by atoms with van der Waals surface area (Å²) in [5.41, 5.74) is 2.81. The molecule has 0 radical (unpaired) electrons. The number of carbonyl (C=O) groups excluding carboxylic acids is 1. The van der Waals surface area contributed by atoms with E-state index in [0.717, 1.165) is 16.6 Å². The van der Waals surface area contributed by atoms with Gasteiger partial charge in [0.1, 0.15) is 5.01 Å². The van der Waals surface area contributed by atoms with E-state index in [1.165, 1.54) is 29.0 Å². The number of benzene rings is 2. The van der Waals surface area contributed by atoms with Gasteiger partial charge in [0.05, 0.1) is 6.42 Å². The normalized spacial score (nSPS) is 10.6. The smallest absolute Gasteiger partial charge is 0.230 e. The molecule has 0 bridgehead atoms. The van der Waals surface area contributed by atoms with Crippen molar-refractivity contribution in [3.05, 3.63) is 70.0 Å². The fraction of sp³-hybridized carbons (Fsp3) is 0.167. The van der Waals surface area contributed by atoms with Gasteiger partial charge in [0.15, 0.2) is 11.6 Å².